The molecule has 1 heterocycles. The zero-order valence-electron chi connectivity index (χ0n) is 19.2. The third-order valence-electron chi connectivity index (χ3n) is 4.45. The van der Waals surface area contributed by atoms with Crippen LogP contribution in [0.3, 0.4) is 0 Å². The highest BCUT2D eigenvalue weighted by Crippen LogP contribution is 2.13. The first-order valence-electron chi connectivity index (χ1n) is 10.2. The lowest BCUT2D eigenvalue weighted by Crippen LogP contribution is -2.42. The smallest absolute Gasteiger partial charge is 0.326 e. The number of ether oxygens (including phenoxy) is 1. The summed E-state index contributed by atoms with van der Waals surface area (Å²) < 4.78 is 7.34. The van der Waals surface area contributed by atoms with Crippen LogP contribution in [-0.4, -0.2) is 70.8 Å². The molecule has 0 radical (unpaired) electrons. The molecule has 164 valence electrons. The molecule has 30 heavy (non-hydrogen) atoms. The standard InChI is InChI=1S/C23H34N4O3/c1-17-13-18(2)27(24-17)15-19-9-8-10-20(14-19)22(29)26(12-11-25(6)7)16-21(28)30-23(3,4)5/h8-10,13-14H,11-12,15-16H2,1-7H3. The van der Waals surface area contributed by atoms with Gasteiger partial charge in [0, 0.05) is 24.3 Å². The van der Waals surface area contributed by atoms with Gasteiger partial charge in [0.15, 0.2) is 0 Å². The molecule has 1 aromatic heterocycles. The second kappa shape index (κ2) is 9.89. The summed E-state index contributed by atoms with van der Waals surface area (Å²) in [6.07, 6.45) is 0. The van der Waals surface area contributed by atoms with Gasteiger partial charge in [-0.15, -0.1) is 0 Å². The third kappa shape index (κ3) is 7.30. The number of nitrogens with zero attached hydrogens (tertiary/aromatic N) is 4. The lowest BCUT2D eigenvalue weighted by atomic mass is 10.1. The number of rotatable bonds is 8. The van der Waals surface area contributed by atoms with Crippen molar-refractivity contribution in [1.82, 2.24) is 19.6 Å². The van der Waals surface area contributed by atoms with Gasteiger partial charge in [-0.2, -0.15) is 5.10 Å². The van der Waals surface area contributed by atoms with E-state index in [1.54, 1.807) is 11.0 Å². The molecule has 2 rings (SSSR count). The van der Waals surface area contributed by atoms with Crippen molar-refractivity contribution in [3.8, 4) is 0 Å². The molecule has 2 aromatic rings. The summed E-state index contributed by atoms with van der Waals surface area (Å²) in [5.41, 5.74) is 2.98. The first-order chi connectivity index (χ1) is 13.9. The lowest BCUT2D eigenvalue weighted by Gasteiger charge is -2.26. The van der Waals surface area contributed by atoms with Crippen LogP contribution in [0.25, 0.3) is 0 Å². The maximum absolute atomic E-state index is 13.2. The Morgan fingerprint density at radius 3 is 2.37 bits per heavy atom. The monoisotopic (exact) mass is 414 g/mol. The van der Waals surface area contributed by atoms with Crippen molar-refractivity contribution in [2.24, 2.45) is 0 Å². The van der Waals surface area contributed by atoms with Crippen LogP contribution in [0.4, 0.5) is 0 Å². The summed E-state index contributed by atoms with van der Waals surface area (Å²) in [7, 11) is 3.87. The van der Waals surface area contributed by atoms with Gasteiger partial charge >= 0.3 is 5.97 Å². The number of aryl methyl sites for hydroxylation is 2. The Kier molecular flexibility index (Phi) is 7.78. The molecule has 0 saturated carbocycles. The van der Waals surface area contributed by atoms with E-state index in [-0.39, 0.29) is 12.5 Å². The number of hydrogen-bond acceptors (Lipinski definition) is 5. The Hall–Kier alpha value is -2.67. The molecule has 0 aliphatic carbocycles. The quantitative estimate of drug-likeness (QED) is 0.622. The minimum absolute atomic E-state index is 0.0777. The highest BCUT2D eigenvalue weighted by Gasteiger charge is 2.23. The van der Waals surface area contributed by atoms with Crippen LogP contribution < -0.4 is 0 Å². The molecular formula is C23H34N4O3. The first kappa shape index (κ1) is 23.6. The summed E-state index contributed by atoms with van der Waals surface area (Å²) in [5.74, 6) is -0.591. The van der Waals surface area contributed by atoms with E-state index in [0.29, 0.717) is 25.2 Å². The van der Waals surface area contributed by atoms with E-state index in [9.17, 15) is 9.59 Å². The molecule has 0 saturated heterocycles. The zero-order chi connectivity index (χ0) is 22.5. The number of carbonyl (C=O) groups is 2. The number of likely N-dealkylation sites (N-methyl/N-ethyl adjacent to an activating group) is 1. The molecule has 0 atom stereocenters. The van der Waals surface area contributed by atoms with Crippen LogP contribution in [-0.2, 0) is 16.1 Å². The Balaban J connectivity index is 2.19. The van der Waals surface area contributed by atoms with Crippen molar-refractivity contribution < 1.29 is 14.3 Å². The van der Waals surface area contributed by atoms with Gasteiger partial charge in [0.05, 0.1) is 12.2 Å². The Morgan fingerprint density at radius 1 is 1.10 bits per heavy atom. The zero-order valence-corrected chi connectivity index (χ0v) is 19.2. The summed E-state index contributed by atoms with van der Waals surface area (Å²) in [5, 5.41) is 4.49. The van der Waals surface area contributed by atoms with Crippen LogP contribution in [0.1, 0.15) is 48.1 Å². The topological polar surface area (TPSA) is 67.7 Å². The van der Waals surface area contributed by atoms with E-state index < -0.39 is 11.6 Å². The molecule has 7 heteroatoms. The summed E-state index contributed by atoms with van der Waals surface area (Å²) in [4.78, 5) is 29.1. The highest BCUT2D eigenvalue weighted by molar-refractivity contribution is 5.96. The summed E-state index contributed by atoms with van der Waals surface area (Å²) in [6, 6.07) is 9.53. The molecule has 1 amide bonds. The van der Waals surface area contributed by atoms with Crippen LogP contribution >= 0.6 is 0 Å². The van der Waals surface area contributed by atoms with Gasteiger partial charge in [-0.1, -0.05) is 12.1 Å². The predicted octanol–water partition coefficient (Wildman–Crippen LogP) is 2.89. The van der Waals surface area contributed by atoms with Gasteiger partial charge in [0.1, 0.15) is 12.1 Å². The van der Waals surface area contributed by atoms with Crippen LogP contribution in [0.5, 0.6) is 0 Å². The van der Waals surface area contributed by atoms with Gasteiger partial charge in [-0.05, 0) is 72.5 Å². The fraction of sp³-hybridized carbons (Fsp3) is 0.522. The molecule has 0 aliphatic rings. The molecule has 0 N–H and O–H groups in total. The van der Waals surface area contributed by atoms with Gasteiger partial charge in [-0.25, -0.2) is 0 Å². The maximum Gasteiger partial charge on any atom is 0.326 e. The van der Waals surface area contributed by atoms with Gasteiger partial charge < -0.3 is 14.5 Å². The maximum atomic E-state index is 13.2. The van der Waals surface area contributed by atoms with E-state index in [1.807, 2.05) is 82.6 Å². The summed E-state index contributed by atoms with van der Waals surface area (Å²) in [6.45, 7) is 11.0. The van der Waals surface area contributed by atoms with Crippen molar-refractivity contribution in [2.45, 2.75) is 46.8 Å². The molecule has 0 fully saturated rings. The largest absolute Gasteiger partial charge is 0.459 e. The number of benzene rings is 1. The average molecular weight is 415 g/mol. The normalized spacial score (nSPS) is 11.6. The lowest BCUT2D eigenvalue weighted by molar-refractivity contribution is -0.155. The molecular weight excluding hydrogens is 380 g/mol. The van der Waals surface area contributed by atoms with Crippen LogP contribution in [0.15, 0.2) is 30.3 Å². The van der Waals surface area contributed by atoms with Crippen molar-refractivity contribution in [3.05, 3.63) is 52.8 Å². The fourth-order valence-electron chi connectivity index (χ4n) is 3.10. The molecule has 0 unspecified atom stereocenters. The fourth-order valence-corrected chi connectivity index (χ4v) is 3.10. The average Bonchev–Trinajstić information content (AvgIpc) is 2.93. The van der Waals surface area contributed by atoms with E-state index in [4.69, 9.17) is 4.74 Å². The minimum Gasteiger partial charge on any atom is -0.459 e. The number of carbonyl (C=O) groups excluding carboxylic acids is 2. The van der Waals surface area contributed by atoms with Crippen LogP contribution in [0, 0.1) is 13.8 Å². The minimum atomic E-state index is -0.590. The van der Waals surface area contributed by atoms with Gasteiger partial charge in [-0.3, -0.25) is 14.3 Å². The number of aromatic nitrogens is 2. The predicted molar refractivity (Wildman–Crippen MR) is 118 cm³/mol. The highest BCUT2D eigenvalue weighted by atomic mass is 16.6. The molecule has 1 aromatic carbocycles. The second-order valence-corrected chi connectivity index (χ2v) is 8.90. The van der Waals surface area contributed by atoms with E-state index in [0.717, 1.165) is 17.0 Å². The molecule has 0 spiro atoms. The van der Waals surface area contributed by atoms with Crippen LogP contribution in [0.2, 0.25) is 0 Å². The Bertz CT molecular complexity index is 881. The molecule has 7 nitrogen and oxygen atoms in total. The van der Waals surface area contributed by atoms with Crippen molar-refractivity contribution in [2.75, 3.05) is 33.7 Å². The SMILES string of the molecule is Cc1cc(C)n(Cc2cccc(C(=O)N(CCN(C)C)CC(=O)OC(C)(C)C)c2)n1. The van der Waals surface area contributed by atoms with E-state index >= 15 is 0 Å². The number of esters is 1. The van der Waals surface area contributed by atoms with Crippen molar-refractivity contribution in [1.29, 1.82) is 0 Å². The van der Waals surface area contributed by atoms with Crippen molar-refractivity contribution >= 4 is 11.9 Å². The number of amides is 1. The summed E-state index contributed by atoms with van der Waals surface area (Å²) >= 11 is 0. The first-order valence-corrected chi connectivity index (χ1v) is 10.2. The Labute approximate surface area is 179 Å². The van der Waals surface area contributed by atoms with Crippen molar-refractivity contribution in [3.63, 3.8) is 0 Å². The second-order valence-electron chi connectivity index (χ2n) is 8.90. The number of hydrogen-bond donors (Lipinski definition) is 0. The third-order valence-corrected chi connectivity index (χ3v) is 4.45. The van der Waals surface area contributed by atoms with E-state index in [1.165, 1.54) is 0 Å². The molecule has 0 aliphatic heterocycles. The Morgan fingerprint density at radius 2 is 1.80 bits per heavy atom. The van der Waals surface area contributed by atoms with Gasteiger partial charge in [0.2, 0.25) is 0 Å². The van der Waals surface area contributed by atoms with E-state index in [2.05, 4.69) is 5.10 Å². The molecule has 0 bridgehead atoms. The van der Waals surface area contributed by atoms with Gasteiger partial charge in [0.25, 0.3) is 5.91 Å².